The zero-order valence-corrected chi connectivity index (χ0v) is 10.3. The van der Waals surface area contributed by atoms with Crippen LogP contribution in [-0.2, 0) is 9.47 Å². The lowest BCUT2D eigenvalue weighted by atomic mass is 10.00. The molecular weight excluding hydrogens is 259 g/mol. The summed E-state index contributed by atoms with van der Waals surface area (Å²) >= 11 is 0. The molecule has 1 saturated heterocycles. The molecule has 1 fully saturated rings. The maximum atomic E-state index is 12.9. The fourth-order valence-electron chi connectivity index (χ4n) is 2.17. The standard InChI is InChI=1S/C11H15FN2O5/c1-18-5-7-6(4-12)9(16)10(19-7)14-3-2-8(15)13-11(14)17/h2-3,6-7,9-10,16H,4-5H2,1H3,(H,13,15,17)/t6-,7-,9-,10-/m1/s1. The molecule has 7 nitrogen and oxygen atoms in total. The average Bonchev–Trinajstić information content (AvgIpc) is 2.66. The molecule has 0 saturated carbocycles. The zero-order chi connectivity index (χ0) is 14.0. The van der Waals surface area contributed by atoms with Gasteiger partial charge in [-0.3, -0.25) is 18.7 Å². The number of H-pyrrole nitrogens is 1. The van der Waals surface area contributed by atoms with Gasteiger partial charge in [0.25, 0.3) is 5.56 Å². The summed E-state index contributed by atoms with van der Waals surface area (Å²) in [4.78, 5) is 24.6. The lowest BCUT2D eigenvalue weighted by molar-refractivity contribution is -0.0592. The number of aliphatic hydroxyl groups excluding tert-OH is 1. The van der Waals surface area contributed by atoms with Gasteiger partial charge in [0.15, 0.2) is 6.23 Å². The molecule has 0 aromatic carbocycles. The molecule has 106 valence electrons. The average molecular weight is 274 g/mol. The van der Waals surface area contributed by atoms with E-state index in [2.05, 4.69) is 4.98 Å². The van der Waals surface area contributed by atoms with E-state index >= 15 is 0 Å². The Morgan fingerprint density at radius 3 is 2.89 bits per heavy atom. The third-order valence-electron chi connectivity index (χ3n) is 3.16. The number of aromatic amines is 1. The summed E-state index contributed by atoms with van der Waals surface area (Å²) in [6.07, 6.45) is -1.66. The first-order valence-electron chi connectivity index (χ1n) is 5.78. The maximum Gasteiger partial charge on any atom is 0.330 e. The fraction of sp³-hybridized carbons (Fsp3) is 0.636. The van der Waals surface area contributed by atoms with Gasteiger partial charge in [0.05, 0.1) is 19.4 Å². The number of alkyl halides is 1. The number of aromatic nitrogens is 2. The molecular formula is C11H15FN2O5. The second kappa shape index (κ2) is 5.64. The summed E-state index contributed by atoms with van der Waals surface area (Å²) in [5.74, 6) is -0.774. The minimum atomic E-state index is -1.19. The van der Waals surface area contributed by atoms with E-state index in [1.165, 1.54) is 13.3 Å². The van der Waals surface area contributed by atoms with E-state index in [9.17, 15) is 19.1 Å². The van der Waals surface area contributed by atoms with E-state index in [1.54, 1.807) is 0 Å². The van der Waals surface area contributed by atoms with Crippen LogP contribution < -0.4 is 11.2 Å². The highest BCUT2D eigenvalue weighted by Gasteiger charge is 2.44. The number of hydrogen-bond acceptors (Lipinski definition) is 5. The molecule has 1 aromatic heterocycles. The Kier molecular flexibility index (Phi) is 4.13. The first-order valence-corrected chi connectivity index (χ1v) is 5.78. The Balaban J connectivity index is 2.30. The molecule has 1 aromatic rings. The number of nitrogens with one attached hydrogen (secondary N) is 1. The Morgan fingerprint density at radius 2 is 2.32 bits per heavy atom. The molecule has 1 aliphatic heterocycles. The topological polar surface area (TPSA) is 93.5 Å². The lowest BCUT2D eigenvalue weighted by Crippen LogP contribution is -2.36. The molecule has 8 heteroatoms. The van der Waals surface area contributed by atoms with Crippen LogP contribution in [-0.4, -0.2) is 47.3 Å². The number of ether oxygens (including phenoxy) is 2. The van der Waals surface area contributed by atoms with Crippen LogP contribution in [0.5, 0.6) is 0 Å². The largest absolute Gasteiger partial charge is 0.388 e. The molecule has 0 amide bonds. The van der Waals surface area contributed by atoms with E-state index in [4.69, 9.17) is 9.47 Å². The Hall–Kier alpha value is -1.51. The number of methoxy groups -OCH3 is 1. The number of aliphatic hydroxyl groups is 1. The predicted octanol–water partition coefficient (Wildman–Crippen LogP) is -0.973. The number of hydrogen-bond donors (Lipinski definition) is 2. The van der Waals surface area contributed by atoms with Crippen LogP contribution in [0.15, 0.2) is 21.9 Å². The third kappa shape index (κ3) is 2.60. The molecule has 1 aliphatic rings. The van der Waals surface area contributed by atoms with Gasteiger partial charge in [0.2, 0.25) is 0 Å². The van der Waals surface area contributed by atoms with Crippen molar-refractivity contribution in [1.82, 2.24) is 9.55 Å². The van der Waals surface area contributed by atoms with Crippen molar-refractivity contribution in [3.8, 4) is 0 Å². The van der Waals surface area contributed by atoms with Crippen LogP contribution in [0.2, 0.25) is 0 Å². The molecule has 0 aliphatic carbocycles. The first-order chi connectivity index (χ1) is 9.08. The smallest absolute Gasteiger partial charge is 0.330 e. The van der Waals surface area contributed by atoms with Crippen molar-refractivity contribution in [2.75, 3.05) is 20.4 Å². The SMILES string of the molecule is COC[C@H]1O[C@@H](n2ccc(=O)[nH]c2=O)[C@H](O)[C@@H]1CF. The van der Waals surface area contributed by atoms with Crippen LogP contribution in [0, 0.1) is 5.92 Å². The van der Waals surface area contributed by atoms with Gasteiger partial charge in [0.1, 0.15) is 6.10 Å². The van der Waals surface area contributed by atoms with Crippen LogP contribution in [0.25, 0.3) is 0 Å². The Labute approximate surface area is 107 Å². The number of halogens is 1. The molecule has 0 radical (unpaired) electrons. The monoisotopic (exact) mass is 274 g/mol. The molecule has 0 spiro atoms. The number of nitrogens with zero attached hydrogens (tertiary/aromatic N) is 1. The van der Waals surface area contributed by atoms with Gasteiger partial charge in [-0.2, -0.15) is 0 Å². The normalized spacial score (nSPS) is 30.7. The highest BCUT2D eigenvalue weighted by atomic mass is 19.1. The first kappa shape index (κ1) is 13.9. The summed E-state index contributed by atoms with van der Waals surface area (Å²) in [7, 11) is 1.44. The van der Waals surface area contributed by atoms with Crippen LogP contribution in [0.4, 0.5) is 4.39 Å². The quantitative estimate of drug-likeness (QED) is 0.736. The van der Waals surface area contributed by atoms with E-state index in [1.807, 2.05) is 0 Å². The van der Waals surface area contributed by atoms with Crippen molar-refractivity contribution in [3.05, 3.63) is 33.1 Å². The fourth-order valence-corrected chi connectivity index (χ4v) is 2.17. The summed E-state index contributed by atoms with van der Waals surface area (Å²) in [5, 5.41) is 10.0. The molecule has 19 heavy (non-hydrogen) atoms. The van der Waals surface area contributed by atoms with Crippen LogP contribution in [0.3, 0.4) is 0 Å². The van der Waals surface area contributed by atoms with Gasteiger partial charge >= 0.3 is 5.69 Å². The van der Waals surface area contributed by atoms with E-state index in [0.29, 0.717) is 0 Å². The summed E-state index contributed by atoms with van der Waals surface area (Å²) in [6, 6.07) is 1.13. The van der Waals surface area contributed by atoms with Gasteiger partial charge in [-0.25, -0.2) is 4.79 Å². The van der Waals surface area contributed by atoms with Gasteiger partial charge in [-0.05, 0) is 0 Å². The molecule has 0 unspecified atom stereocenters. The maximum absolute atomic E-state index is 12.9. The summed E-state index contributed by atoms with van der Waals surface area (Å²) in [5.41, 5.74) is -1.27. The van der Waals surface area contributed by atoms with E-state index in [0.717, 1.165) is 10.6 Å². The Bertz CT molecular complexity index is 542. The second-order valence-electron chi connectivity index (χ2n) is 4.35. The number of rotatable bonds is 4. The molecule has 2 heterocycles. The van der Waals surface area contributed by atoms with Crippen molar-refractivity contribution in [2.24, 2.45) is 5.92 Å². The zero-order valence-electron chi connectivity index (χ0n) is 10.3. The van der Waals surface area contributed by atoms with Crippen molar-refractivity contribution in [3.63, 3.8) is 0 Å². The third-order valence-corrected chi connectivity index (χ3v) is 3.16. The summed E-state index contributed by atoms with van der Waals surface area (Å²) < 4.78 is 24.3. The van der Waals surface area contributed by atoms with Crippen LogP contribution >= 0.6 is 0 Å². The molecule has 0 bridgehead atoms. The minimum Gasteiger partial charge on any atom is -0.388 e. The Morgan fingerprint density at radius 1 is 1.58 bits per heavy atom. The highest BCUT2D eigenvalue weighted by Crippen LogP contribution is 2.33. The molecule has 2 rings (SSSR count). The van der Waals surface area contributed by atoms with Gasteiger partial charge in [-0.15, -0.1) is 0 Å². The summed E-state index contributed by atoms with van der Waals surface area (Å²) in [6.45, 7) is -0.677. The highest BCUT2D eigenvalue weighted by molar-refractivity contribution is 4.92. The van der Waals surface area contributed by atoms with Crippen molar-refractivity contribution >= 4 is 0 Å². The van der Waals surface area contributed by atoms with Crippen molar-refractivity contribution in [2.45, 2.75) is 18.4 Å². The van der Waals surface area contributed by atoms with Gasteiger partial charge in [-0.1, -0.05) is 0 Å². The van der Waals surface area contributed by atoms with E-state index in [-0.39, 0.29) is 6.61 Å². The van der Waals surface area contributed by atoms with Gasteiger partial charge < -0.3 is 14.6 Å². The molecule has 2 N–H and O–H groups in total. The lowest BCUT2D eigenvalue weighted by Gasteiger charge is -2.17. The van der Waals surface area contributed by atoms with Crippen molar-refractivity contribution < 1.29 is 19.0 Å². The van der Waals surface area contributed by atoms with Crippen LogP contribution in [0.1, 0.15) is 6.23 Å². The van der Waals surface area contributed by atoms with Gasteiger partial charge in [0, 0.05) is 25.3 Å². The van der Waals surface area contributed by atoms with E-state index < -0.39 is 42.3 Å². The second-order valence-corrected chi connectivity index (χ2v) is 4.35. The predicted molar refractivity (Wildman–Crippen MR) is 62.6 cm³/mol. The van der Waals surface area contributed by atoms with Crippen molar-refractivity contribution in [1.29, 1.82) is 0 Å². The molecule has 4 atom stereocenters. The minimum absolute atomic E-state index is 0.111.